The van der Waals surface area contributed by atoms with E-state index in [0.717, 1.165) is 29.4 Å². The summed E-state index contributed by atoms with van der Waals surface area (Å²) in [6.07, 6.45) is 8.67. The molecule has 0 fully saturated rings. The molecule has 0 atom stereocenters. The van der Waals surface area contributed by atoms with Crippen LogP contribution >= 0.6 is 0 Å². The highest BCUT2D eigenvalue weighted by molar-refractivity contribution is 5.84. The standard InChI is InChI=1S/C17H23NO/c1-2-3-4-5-6-7-10-14-13-17(19)15-11-8-9-12-16(15)18-14/h8-9,11-13H,2-7,10H2,1H3,(H,18,19). The number of para-hydroxylation sites is 1. The van der Waals surface area contributed by atoms with Gasteiger partial charge in [-0.25, -0.2) is 0 Å². The van der Waals surface area contributed by atoms with E-state index in [2.05, 4.69) is 11.9 Å². The molecule has 2 heteroatoms. The minimum atomic E-state index is 0.353. The zero-order valence-electron chi connectivity index (χ0n) is 11.7. The van der Waals surface area contributed by atoms with Crippen LogP contribution in [0.25, 0.3) is 10.9 Å². The number of nitrogens with zero attached hydrogens (tertiary/aromatic N) is 1. The molecule has 0 aliphatic heterocycles. The zero-order valence-corrected chi connectivity index (χ0v) is 11.7. The first-order chi connectivity index (χ1) is 9.31. The molecule has 0 spiro atoms. The molecule has 0 aliphatic carbocycles. The summed E-state index contributed by atoms with van der Waals surface area (Å²) in [6.45, 7) is 2.24. The molecule has 0 unspecified atom stereocenters. The summed E-state index contributed by atoms with van der Waals surface area (Å²) in [5.41, 5.74) is 1.90. The van der Waals surface area contributed by atoms with Gasteiger partial charge in [-0.2, -0.15) is 0 Å². The van der Waals surface area contributed by atoms with Crippen LogP contribution in [0, 0.1) is 0 Å². The van der Waals surface area contributed by atoms with Gasteiger partial charge in [0.25, 0.3) is 0 Å². The minimum absolute atomic E-state index is 0.353. The van der Waals surface area contributed by atoms with Gasteiger partial charge in [0, 0.05) is 17.1 Å². The summed E-state index contributed by atoms with van der Waals surface area (Å²) in [5.74, 6) is 0.353. The Morgan fingerprint density at radius 2 is 1.74 bits per heavy atom. The molecule has 102 valence electrons. The lowest BCUT2D eigenvalue weighted by molar-refractivity contribution is 0.480. The van der Waals surface area contributed by atoms with Crippen molar-refractivity contribution in [2.45, 2.75) is 51.9 Å². The Morgan fingerprint density at radius 1 is 1.00 bits per heavy atom. The number of aryl methyl sites for hydroxylation is 1. The van der Waals surface area contributed by atoms with Crippen LogP contribution in [0.1, 0.15) is 51.1 Å². The van der Waals surface area contributed by atoms with Crippen molar-refractivity contribution in [3.63, 3.8) is 0 Å². The number of fused-ring (bicyclic) bond motifs is 1. The van der Waals surface area contributed by atoms with Crippen molar-refractivity contribution in [1.82, 2.24) is 4.98 Å². The molecule has 1 aromatic carbocycles. The summed E-state index contributed by atoms with van der Waals surface area (Å²) in [7, 11) is 0. The van der Waals surface area contributed by atoms with E-state index < -0.39 is 0 Å². The molecular weight excluding hydrogens is 234 g/mol. The van der Waals surface area contributed by atoms with Crippen LogP contribution in [-0.4, -0.2) is 10.1 Å². The van der Waals surface area contributed by atoms with Gasteiger partial charge < -0.3 is 5.11 Å². The van der Waals surface area contributed by atoms with Gasteiger partial charge in [0.1, 0.15) is 5.75 Å². The van der Waals surface area contributed by atoms with E-state index in [-0.39, 0.29) is 0 Å². The van der Waals surface area contributed by atoms with Gasteiger partial charge in [-0.1, -0.05) is 51.2 Å². The highest BCUT2D eigenvalue weighted by Crippen LogP contribution is 2.24. The van der Waals surface area contributed by atoms with E-state index in [1.54, 1.807) is 0 Å². The number of hydrogen-bond donors (Lipinski definition) is 1. The van der Waals surface area contributed by atoms with Crippen molar-refractivity contribution in [3.8, 4) is 5.75 Å². The molecule has 0 saturated heterocycles. The fourth-order valence-corrected chi connectivity index (χ4v) is 2.42. The molecule has 1 aromatic heterocycles. The smallest absolute Gasteiger partial charge is 0.126 e. The number of rotatable bonds is 7. The molecule has 19 heavy (non-hydrogen) atoms. The second kappa shape index (κ2) is 7.13. The maximum absolute atomic E-state index is 9.98. The van der Waals surface area contributed by atoms with Crippen molar-refractivity contribution >= 4 is 10.9 Å². The van der Waals surface area contributed by atoms with E-state index in [1.165, 1.54) is 32.1 Å². The maximum Gasteiger partial charge on any atom is 0.126 e. The zero-order chi connectivity index (χ0) is 13.5. The molecule has 0 amide bonds. The summed E-state index contributed by atoms with van der Waals surface area (Å²) in [6, 6.07) is 9.57. The summed E-state index contributed by atoms with van der Waals surface area (Å²) in [4.78, 5) is 4.61. The third-order valence-corrected chi connectivity index (χ3v) is 3.53. The van der Waals surface area contributed by atoms with Gasteiger partial charge in [-0.3, -0.25) is 4.98 Å². The molecule has 0 saturated carbocycles. The average Bonchev–Trinajstić information content (AvgIpc) is 2.43. The van der Waals surface area contributed by atoms with Crippen molar-refractivity contribution in [2.75, 3.05) is 0 Å². The molecule has 1 N–H and O–H groups in total. The molecule has 1 heterocycles. The number of pyridine rings is 1. The molecule has 2 nitrogen and oxygen atoms in total. The van der Waals surface area contributed by atoms with Crippen molar-refractivity contribution in [3.05, 3.63) is 36.0 Å². The van der Waals surface area contributed by atoms with Crippen LogP contribution in [0.3, 0.4) is 0 Å². The van der Waals surface area contributed by atoms with Gasteiger partial charge in [-0.05, 0) is 25.0 Å². The van der Waals surface area contributed by atoms with Crippen LogP contribution in [0.2, 0.25) is 0 Å². The van der Waals surface area contributed by atoms with Crippen LogP contribution in [0.4, 0.5) is 0 Å². The Hall–Kier alpha value is -1.57. The molecule has 0 bridgehead atoms. The summed E-state index contributed by atoms with van der Waals surface area (Å²) < 4.78 is 0. The monoisotopic (exact) mass is 257 g/mol. The summed E-state index contributed by atoms with van der Waals surface area (Å²) >= 11 is 0. The fraction of sp³-hybridized carbons (Fsp3) is 0.471. The quantitative estimate of drug-likeness (QED) is 0.720. The molecule has 0 radical (unpaired) electrons. The van der Waals surface area contributed by atoms with Crippen LogP contribution in [0.5, 0.6) is 5.75 Å². The van der Waals surface area contributed by atoms with Crippen molar-refractivity contribution in [1.29, 1.82) is 0 Å². The SMILES string of the molecule is CCCCCCCCc1cc(O)c2ccccc2n1. The van der Waals surface area contributed by atoms with Gasteiger partial charge in [-0.15, -0.1) is 0 Å². The molecule has 2 rings (SSSR count). The van der Waals surface area contributed by atoms with Crippen molar-refractivity contribution < 1.29 is 5.11 Å². The van der Waals surface area contributed by atoms with Gasteiger partial charge in [0.2, 0.25) is 0 Å². The van der Waals surface area contributed by atoms with Gasteiger partial charge in [0.15, 0.2) is 0 Å². The maximum atomic E-state index is 9.98. The Morgan fingerprint density at radius 3 is 2.58 bits per heavy atom. The van der Waals surface area contributed by atoms with E-state index in [0.29, 0.717) is 5.75 Å². The first kappa shape index (κ1) is 13.9. The topological polar surface area (TPSA) is 33.1 Å². The van der Waals surface area contributed by atoms with Crippen molar-refractivity contribution in [2.24, 2.45) is 0 Å². The first-order valence-corrected chi connectivity index (χ1v) is 7.39. The number of aromatic nitrogens is 1. The Kier molecular flexibility index (Phi) is 5.20. The Bertz CT molecular complexity index is 522. The van der Waals surface area contributed by atoms with Crippen LogP contribution in [0.15, 0.2) is 30.3 Å². The number of hydrogen-bond acceptors (Lipinski definition) is 2. The highest BCUT2D eigenvalue weighted by atomic mass is 16.3. The second-order valence-corrected chi connectivity index (χ2v) is 5.17. The Balaban J connectivity index is 1.90. The van der Waals surface area contributed by atoms with Gasteiger partial charge in [0.05, 0.1) is 5.52 Å². The number of unbranched alkanes of at least 4 members (excludes halogenated alkanes) is 5. The summed E-state index contributed by atoms with van der Waals surface area (Å²) in [5, 5.41) is 10.8. The van der Waals surface area contributed by atoms with Crippen LogP contribution in [-0.2, 0) is 6.42 Å². The molecule has 2 aromatic rings. The van der Waals surface area contributed by atoms with Gasteiger partial charge >= 0.3 is 0 Å². The predicted molar refractivity (Wildman–Crippen MR) is 80.5 cm³/mol. The van der Waals surface area contributed by atoms with E-state index in [9.17, 15) is 5.11 Å². The first-order valence-electron chi connectivity index (χ1n) is 7.39. The molecular formula is C17H23NO. The fourth-order valence-electron chi connectivity index (χ4n) is 2.42. The third-order valence-electron chi connectivity index (χ3n) is 3.53. The number of aromatic hydroxyl groups is 1. The van der Waals surface area contributed by atoms with E-state index >= 15 is 0 Å². The second-order valence-electron chi connectivity index (χ2n) is 5.17. The van der Waals surface area contributed by atoms with E-state index in [1.807, 2.05) is 30.3 Å². The minimum Gasteiger partial charge on any atom is -0.507 e. The largest absolute Gasteiger partial charge is 0.507 e. The van der Waals surface area contributed by atoms with E-state index in [4.69, 9.17) is 0 Å². The third kappa shape index (κ3) is 3.95. The lowest BCUT2D eigenvalue weighted by Gasteiger charge is -2.05. The predicted octanol–water partition coefficient (Wildman–Crippen LogP) is 4.84. The van der Waals surface area contributed by atoms with Crippen LogP contribution < -0.4 is 0 Å². The molecule has 0 aliphatic rings. The average molecular weight is 257 g/mol. The number of benzene rings is 1. The normalized spacial score (nSPS) is 11.0. The highest BCUT2D eigenvalue weighted by Gasteiger charge is 2.04. The Labute approximate surface area is 115 Å². The lowest BCUT2D eigenvalue weighted by Crippen LogP contribution is -1.92. The lowest BCUT2D eigenvalue weighted by atomic mass is 10.1.